The number of sulfonamides is 1. The second-order valence-electron chi connectivity index (χ2n) is 3.51. The first-order valence-electron chi connectivity index (χ1n) is 5.02. The molecule has 6 heteroatoms. The molecule has 0 spiro atoms. The topological polar surface area (TPSA) is 72.2 Å². The first-order chi connectivity index (χ1) is 8.09. The summed E-state index contributed by atoms with van der Waals surface area (Å²) in [5, 5.41) is 0. The van der Waals surface area contributed by atoms with E-state index >= 15 is 0 Å². The van der Waals surface area contributed by atoms with Gasteiger partial charge in [0, 0.05) is 0 Å². The molecule has 2 aromatic carbocycles. The Labute approximate surface area is 112 Å². The molecule has 0 aliphatic heterocycles. The summed E-state index contributed by atoms with van der Waals surface area (Å²) in [5.41, 5.74) is 6.46. The lowest BCUT2D eigenvalue weighted by molar-refractivity contribution is 0.601. The molecule has 0 unspecified atom stereocenters. The summed E-state index contributed by atoms with van der Waals surface area (Å²) < 4.78 is 26.4. The molecule has 2 rings (SSSR count). The van der Waals surface area contributed by atoms with E-state index in [0.29, 0.717) is 11.4 Å². The van der Waals surface area contributed by atoms with Crippen LogP contribution in [0, 0.1) is 0 Å². The molecule has 2 aromatic rings. The molecule has 18 heavy (non-hydrogen) atoms. The second-order valence-corrected chi connectivity index (χ2v) is 5.19. The molecule has 0 saturated carbocycles. The molecule has 0 aliphatic rings. The summed E-state index contributed by atoms with van der Waals surface area (Å²) in [6, 6.07) is 14.9. The standard InChI is InChI=1S/C12H12N2O2S.ClH/c13-11-8-4-5-9-12(11)14-17(15,16)10-6-2-1-3-7-10;/h1-9,14H,13H2;1H. The minimum absolute atomic E-state index is 0. The van der Waals surface area contributed by atoms with E-state index in [1.807, 2.05) is 0 Å². The zero-order valence-electron chi connectivity index (χ0n) is 9.41. The molecule has 0 aliphatic carbocycles. The molecule has 0 aromatic heterocycles. The zero-order valence-corrected chi connectivity index (χ0v) is 11.0. The smallest absolute Gasteiger partial charge is 0.261 e. The number of para-hydroxylation sites is 2. The van der Waals surface area contributed by atoms with E-state index in [1.165, 1.54) is 12.1 Å². The molecule has 0 amide bonds. The molecule has 0 atom stereocenters. The molecule has 0 fully saturated rings. The minimum atomic E-state index is -3.57. The molecule has 4 nitrogen and oxygen atoms in total. The number of rotatable bonds is 3. The van der Waals surface area contributed by atoms with Gasteiger partial charge in [0.2, 0.25) is 0 Å². The van der Waals surface area contributed by atoms with Crippen molar-refractivity contribution in [2.75, 3.05) is 10.5 Å². The SMILES string of the molecule is Cl.Nc1ccccc1NS(=O)(=O)c1ccccc1. The Morgan fingerprint density at radius 2 is 1.44 bits per heavy atom. The van der Waals surface area contributed by atoms with Gasteiger partial charge in [-0.15, -0.1) is 12.4 Å². The van der Waals surface area contributed by atoms with E-state index in [1.54, 1.807) is 42.5 Å². The lowest BCUT2D eigenvalue weighted by atomic mass is 10.3. The van der Waals surface area contributed by atoms with Crippen molar-refractivity contribution >= 4 is 33.8 Å². The molecule has 96 valence electrons. The van der Waals surface area contributed by atoms with Crippen molar-refractivity contribution in [2.24, 2.45) is 0 Å². The average Bonchev–Trinajstić information content (AvgIpc) is 2.33. The Balaban J connectivity index is 0.00000162. The van der Waals surface area contributed by atoms with Crippen molar-refractivity contribution in [1.29, 1.82) is 0 Å². The number of nitrogens with two attached hydrogens (primary N) is 1. The number of nitrogens with one attached hydrogen (secondary N) is 1. The van der Waals surface area contributed by atoms with Gasteiger partial charge < -0.3 is 5.73 Å². The van der Waals surface area contributed by atoms with Crippen LogP contribution in [0.15, 0.2) is 59.5 Å². The quantitative estimate of drug-likeness (QED) is 0.851. The minimum Gasteiger partial charge on any atom is -0.397 e. The van der Waals surface area contributed by atoms with Crippen LogP contribution in [0.1, 0.15) is 0 Å². The van der Waals surface area contributed by atoms with E-state index in [4.69, 9.17) is 5.73 Å². The van der Waals surface area contributed by atoms with Crippen molar-refractivity contribution in [1.82, 2.24) is 0 Å². The van der Waals surface area contributed by atoms with Gasteiger partial charge in [0.25, 0.3) is 10.0 Å². The second kappa shape index (κ2) is 5.75. The van der Waals surface area contributed by atoms with E-state index in [2.05, 4.69) is 4.72 Å². The fraction of sp³-hybridized carbons (Fsp3) is 0. The number of benzene rings is 2. The predicted molar refractivity (Wildman–Crippen MR) is 75.4 cm³/mol. The number of hydrogen-bond donors (Lipinski definition) is 2. The van der Waals surface area contributed by atoms with Crippen LogP contribution in [0.25, 0.3) is 0 Å². The van der Waals surface area contributed by atoms with Crippen LogP contribution in [-0.4, -0.2) is 8.42 Å². The van der Waals surface area contributed by atoms with Gasteiger partial charge in [0.15, 0.2) is 0 Å². The Morgan fingerprint density at radius 1 is 0.889 bits per heavy atom. The van der Waals surface area contributed by atoms with Gasteiger partial charge in [-0.25, -0.2) is 8.42 Å². The maximum Gasteiger partial charge on any atom is 0.261 e. The Morgan fingerprint density at radius 3 is 2.06 bits per heavy atom. The lowest BCUT2D eigenvalue weighted by Crippen LogP contribution is -2.13. The van der Waals surface area contributed by atoms with Crippen LogP contribution in [0.2, 0.25) is 0 Å². The molecule has 0 heterocycles. The van der Waals surface area contributed by atoms with Crippen molar-refractivity contribution in [3.05, 3.63) is 54.6 Å². The first-order valence-corrected chi connectivity index (χ1v) is 6.50. The number of anilines is 2. The van der Waals surface area contributed by atoms with E-state index < -0.39 is 10.0 Å². The third-order valence-electron chi connectivity index (χ3n) is 2.26. The van der Waals surface area contributed by atoms with Gasteiger partial charge in [0.1, 0.15) is 0 Å². The summed E-state index contributed by atoms with van der Waals surface area (Å²) in [6.45, 7) is 0. The summed E-state index contributed by atoms with van der Waals surface area (Å²) in [5.74, 6) is 0. The van der Waals surface area contributed by atoms with Crippen LogP contribution in [0.3, 0.4) is 0 Å². The van der Waals surface area contributed by atoms with Crippen LogP contribution in [0.4, 0.5) is 11.4 Å². The first kappa shape index (κ1) is 14.3. The highest BCUT2D eigenvalue weighted by Crippen LogP contribution is 2.21. The van der Waals surface area contributed by atoms with Crippen molar-refractivity contribution in [3.63, 3.8) is 0 Å². The van der Waals surface area contributed by atoms with Gasteiger partial charge in [-0.1, -0.05) is 30.3 Å². The van der Waals surface area contributed by atoms with E-state index in [9.17, 15) is 8.42 Å². The van der Waals surface area contributed by atoms with E-state index in [0.717, 1.165) is 0 Å². The molecule has 3 N–H and O–H groups in total. The lowest BCUT2D eigenvalue weighted by Gasteiger charge is -2.09. The van der Waals surface area contributed by atoms with Crippen LogP contribution >= 0.6 is 12.4 Å². The normalized spacial score (nSPS) is 10.4. The summed E-state index contributed by atoms with van der Waals surface area (Å²) in [6.07, 6.45) is 0. The fourth-order valence-corrected chi connectivity index (χ4v) is 2.50. The highest BCUT2D eigenvalue weighted by atomic mass is 35.5. The van der Waals surface area contributed by atoms with E-state index in [-0.39, 0.29) is 17.3 Å². The van der Waals surface area contributed by atoms with Crippen LogP contribution < -0.4 is 10.5 Å². The summed E-state index contributed by atoms with van der Waals surface area (Å²) >= 11 is 0. The predicted octanol–water partition coefficient (Wildman–Crippen LogP) is 2.49. The highest BCUT2D eigenvalue weighted by Gasteiger charge is 2.14. The molecule has 0 bridgehead atoms. The fourth-order valence-electron chi connectivity index (χ4n) is 1.39. The zero-order chi connectivity index (χ0) is 12.3. The van der Waals surface area contributed by atoms with Crippen molar-refractivity contribution in [2.45, 2.75) is 4.90 Å². The molecular weight excluding hydrogens is 272 g/mol. The van der Waals surface area contributed by atoms with Gasteiger partial charge in [-0.2, -0.15) is 0 Å². The Kier molecular flexibility index (Phi) is 4.58. The van der Waals surface area contributed by atoms with Crippen molar-refractivity contribution in [3.8, 4) is 0 Å². The Hall–Kier alpha value is -1.72. The van der Waals surface area contributed by atoms with Gasteiger partial charge in [-0.3, -0.25) is 4.72 Å². The highest BCUT2D eigenvalue weighted by molar-refractivity contribution is 7.92. The number of halogens is 1. The monoisotopic (exact) mass is 284 g/mol. The Bertz CT molecular complexity index is 615. The van der Waals surface area contributed by atoms with Gasteiger partial charge in [-0.05, 0) is 24.3 Å². The number of nitrogen functional groups attached to an aromatic ring is 1. The number of hydrogen-bond acceptors (Lipinski definition) is 3. The molecular formula is C12H13ClN2O2S. The van der Waals surface area contributed by atoms with Crippen LogP contribution in [0.5, 0.6) is 0 Å². The average molecular weight is 285 g/mol. The molecule has 0 radical (unpaired) electrons. The maximum absolute atomic E-state index is 12.0. The molecule has 0 saturated heterocycles. The van der Waals surface area contributed by atoms with Gasteiger partial charge in [0.05, 0.1) is 16.3 Å². The maximum atomic E-state index is 12.0. The van der Waals surface area contributed by atoms with Gasteiger partial charge >= 0.3 is 0 Å². The van der Waals surface area contributed by atoms with Crippen molar-refractivity contribution < 1.29 is 8.42 Å². The largest absolute Gasteiger partial charge is 0.397 e. The third-order valence-corrected chi connectivity index (χ3v) is 3.64. The van der Waals surface area contributed by atoms with Crippen LogP contribution in [-0.2, 0) is 10.0 Å². The summed E-state index contributed by atoms with van der Waals surface area (Å²) in [4.78, 5) is 0.211. The summed E-state index contributed by atoms with van der Waals surface area (Å²) in [7, 11) is -3.57. The third kappa shape index (κ3) is 3.15.